The molecule has 3 atom stereocenters. The summed E-state index contributed by atoms with van der Waals surface area (Å²) >= 11 is 0. The van der Waals surface area contributed by atoms with E-state index in [0.29, 0.717) is 25.3 Å². The molecule has 6 nitrogen and oxygen atoms in total. The zero-order chi connectivity index (χ0) is 22.7. The van der Waals surface area contributed by atoms with Crippen molar-refractivity contribution in [2.45, 2.75) is 48.3 Å². The van der Waals surface area contributed by atoms with E-state index in [0.717, 1.165) is 29.1 Å². The monoisotopic (exact) mass is 466 g/mol. The van der Waals surface area contributed by atoms with E-state index in [2.05, 4.69) is 15.2 Å². The number of nitrogens with zero attached hydrogens (tertiary/aromatic N) is 3. The lowest BCUT2D eigenvalue weighted by molar-refractivity contribution is -0.141. The van der Waals surface area contributed by atoms with Gasteiger partial charge in [-0.05, 0) is 48.6 Å². The van der Waals surface area contributed by atoms with Gasteiger partial charge in [-0.25, -0.2) is 12.8 Å². The van der Waals surface area contributed by atoms with E-state index in [1.165, 1.54) is 16.4 Å². The van der Waals surface area contributed by atoms with Crippen LogP contribution in [0.1, 0.15) is 47.3 Å². The van der Waals surface area contributed by atoms with Gasteiger partial charge in [-0.1, -0.05) is 12.1 Å². The molecular formula is C21H18F4N4O2S. The van der Waals surface area contributed by atoms with Crippen molar-refractivity contribution < 1.29 is 26.0 Å². The third-order valence-corrected chi connectivity index (χ3v) is 8.17. The molecule has 0 radical (unpaired) electrons. The van der Waals surface area contributed by atoms with Crippen LogP contribution in [-0.2, 0) is 22.6 Å². The molecule has 0 spiro atoms. The predicted molar refractivity (Wildman–Crippen MR) is 105 cm³/mol. The van der Waals surface area contributed by atoms with Crippen LogP contribution in [-0.4, -0.2) is 33.9 Å². The zero-order valence-electron chi connectivity index (χ0n) is 16.6. The molecule has 1 saturated heterocycles. The molecule has 1 aromatic carbocycles. The summed E-state index contributed by atoms with van der Waals surface area (Å²) in [7, 11) is -4.11. The van der Waals surface area contributed by atoms with Crippen molar-refractivity contribution in [3.63, 3.8) is 0 Å². The lowest BCUT2D eigenvalue weighted by Crippen LogP contribution is -2.51. The smallest absolute Gasteiger partial charge is 0.282 e. The van der Waals surface area contributed by atoms with Crippen molar-refractivity contribution >= 4 is 10.0 Å². The molecule has 1 N–H and O–H groups in total. The molecule has 3 unspecified atom stereocenters. The molecule has 168 valence electrons. The van der Waals surface area contributed by atoms with Crippen LogP contribution in [0.3, 0.4) is 0 Å². The van der Waals surface area contributed by atoms with Gasteiger partial charge >= 0.3 is 6.18 Å². The molecule has 2 aromatic heterocycles. The molecular weight excluding hydrogens is 448 g/mol. The minimum Gasteiger partial charge on any atom is -0.282 e. The molecule has 1 fully saturated rings. The quantitative estimate of drug-likeness (QED) is 0.587. The first-order valence-corrected chi connectivity index (χ1v) is 11.4. The van der Waals surface area contributed by atoms with Gasteiger partial charge in [0.1, 0.15) is 16.4 Å². The molecule has 32 heavy (non-hydrogen) atoms. The topological polar surface area (TPSA) is 79.0 Å². The number of piperidine rings is 1. The number of sulfonamides is 1. The second-order valence-electron chi connectivity index (χ2n) is 8.11. The summed E-state index contributed by atoms with van der Waals surface area (Å²) in [5.74, 6) is -0.341. The molecule has 11 heteroatoms. The van der Waals surface area contributed by atoms with Gasteiger partial charge in [-0.15, -0.1) is 0 Å². The van der Waals surface area contributed by atoms with Gasteiger partial charge in [0.05, 0.1) is 12.2 Å². The maximum absolute atomic E-state index is 13.5. The number of halogens is 4. The number of fused-ring (bicyclic) bond motifs is 4. The number of alkyl halides is 3. The van der Waals surface area contributed by atoms with Crippen LogP contribution in [0.2, 0.25) is 0 Å². The van der Waals surface area contributed by atoms with E-state index in [1.807, 2.05) is 0 Å². The highest BCUT2D eigenvalue weighted by atomic mass is 32.2. The van der Waals surface area contributed by atoms with Crippen LogP contribution in [0.5, 0.6) is 0 Å². The standard InChI is InChI=1S/C21H18F4N4O2S/c22-14-3-1-12(2-4-14)13-7-15-9-18-17(11-27-28-18)19(8-13)29(15)32(30,31)16-5-6-20(26-10-16)21(23,24)25/h1-6,10-11,13,15,19H,7-9H2,(H,27,28). The molecule has 0 amide bonds. The average molecular weight is 466 g/mol. The molecule has 2 aliphatic heterocycles. The third-order valence-electron chi connectivity index (χ3n) is 6.23. The van der Waals surface area contributed by atoms with Gasteiger partial charge in [0.15, 0.2) is 0 Å². The van der Waals surface area contributed by atoms with Crippen LogP contribution in [0.4, 0.5) is 17.6 Å². The van der Waals surface area contributed by atoms with Gasteiger partial charge in [0, 0.05) is 29.9 Å². The van der Waals surface area contributed by atoms with Gasteiger partial charge in [-0.3, -0.25) is 10.1 Å². The Balaban J connectivity index is 1.52. The summed E-state index contributed by atoms with van der Waals surface area (Å²) in [5.41, 5.74) is 1.37. The van der Waals surface area contributed by atoms with E-state index in [4.69, 9.17) is 0 Å². The number of pyridine rings is 1. The third kappa shape index (κ3) is 3.49. The van der Waals surface area contributed by atoms with Gasteiger partial charge in [0.25, 0.3) is 0 Å². The Hall–Kier alpha value is -2.79. The minimum absolute atomic E-state index is 0.00540. The van der Waals surface area contributed by atoms with Crippen LogP contribution in [0, 0.1) is 5.82 Å². The first-order valence-electron chi connectivity index (χ1n) is 9.99. The van der Waals surface area contributed by atoms with Crippen molar-refractivity contribution in [1.29, 1.82) is 0 Å². The number of aromatic amines is 1. The summed E-state index contributed by atoms with van der Waals surface area (Å²) in [6.45, 7) is 0. The molecule has 0 aliphatic carbocycles. The van der Waals surface area contributed by atoms with Crippen molar-refractivity contribution in [3.8, 4) is 0 Å². The predicted octanol–water partition coefficient (Wildman–Crippen LogP) is 4.20. The van der Waals surface area contributed by atoms with Crippen molar-refractivity contribution in [3.05, 3.63) is 77.1 Å². The second kappa shape index (κ2) is 7.38. The Bertz CT molecular complexity index is 1240. The van der Waals surface area contributed by atoms with Gasteiger partial charge in [-0.2, -0.15) is 22.6 Å². The average Bonchev–Trinajstić information content (AvgIpc) is 3.21. The number of rotatable bonds is 3. The molecule has 0 saturated carbocycles. The molecule has 2 aliphatic rings. The van der Waals surface area contributed by atoms with E-state index in [1.54, 1.807) is 18.3 Å². The molecule has 4 heterocycles. The number of hydrogen-bond acceptors (Lipinski definition) is 4. The fourth-order valence-electron chi connectivity index (χ4n) is 4.80. The van der Waals surface area contributed by atoms with Crippen molar-refractivity contribution in [1.82, 2.24) is 19.5 Å². The highest BCUT2D eigenvalue weighted by Crippen LogP contribution is 2.49. The maximum Gasteiger partial charge on any atom is 0.433 e. The Kier molecular flexibility index (Phi) is 4.86. The van der Waals surface area contributed by atoms with E-state index < -0.39 is 34.0 Å². The summed E-state index contributed by atoms with van der Waals surface area (Å²) in [6.07, 6.45) is -0.961. The number of nitrogens with one attached hydrogen (secondary N) is 1. The van der Waals surface area contributed by atoms with Crippen molar-refractivity contribution in [2.75, 3.05) is 0 Å². The summed E-state index contributed by atoms with van der Waals surface area (Å²) in [5, 5.41) is 6.99. The Labute approximate surface area is 181 Å². The fourth-order valence-corrected chi connectivity index (χ4v) is 6.55. The molecule has 5 rings (SSSR count). The fraction of sp³-hybridized carbons (Fsp3) is 0.333. The lowest BCUT2D eigenvalue weighted by Gasteiger charge is -2.47. The number of aromatic nitrogens is 3. The molecule has 2 bridgehead atoms. The lowest BCUT2D eigenvalue weighted by atomic mass is 9.76. The Morgan fingerprint density at radius 2 is 1.78 bits per heavy atom. The number of hydrogen-bond donors (Lipinski definition) is 1. The number of benzene rings is 1. The Morgan fingerprint density at radius 3 is 2.44 bits per heavy atom. The highest BCUT2D eigenvalue weighted by Gasteiger charge is 2.48. The minimum atomic E-state index is -4.65. The molecule has 3 aromatic rings. The zero-order valence-corrected chi connectivity index (χ0v) is 17.4. The summed E-state index contributed by atoms with van der Waals surface area (Å²) in [6, 6.07) is 6.82. The Morgan fingerprint density at radius 1 is 1.03 bits per heavy atom. The first kappa shape index (κ1) is 21.1. The van der Waals surface area contributed by atoms with E-state index >= 15 is 0 Å². The van der Waals surface area contributed by atoms with Crippen LogP contribution >= 0.6 is 0 Å². The van der Waals surface area contributed by atoms with Gasteiger partial charge in [0.2, 0.25) is 10.0 Å². The van der Waals surface area contributed by atoms with Crippen LogP contribution in [0.25, 0.3) is 0 Å². The highest BCUT2D eigenvalue weighted by molar-refractivity contribution is 7.89. The summed E-state index contributed by atoms with van der Waals surface area (Å²) < 4.78 is 80.4. The van der Waals surface area contributed by atoms with Gasteiger partial charge < -0.3 is 0 Å². The first-order chi connectivity index (χ1) is 15.1. The number of H-pyrrole nitrogens is 1. The van der Waals surface area contributed by atoms with Crippen LogP contribution < -0.4 is 0 Å². The normalized spacial score (nSPS) is 23.7. The summed E-state index contributed by atoms with van der Waals surface area (Å²) in [4.78, 5) is 3.04. The second-order valence-corrected chi connectivity index (χ2v) is 9.95. The largest absolute Gasteiger partial charge is 0.433 e. The van der Waals surface area contributed by atoms with E-state index in [-0.39, 0.29) is 16.6 Å². The van der Waals surface area contributed by atoms with Crippen LogP contribution in [0.15, 0.2) is 53.7 Å². The maximum atomic E-state index is 13.5. The van der Waals surface area contributed by atoms with E-state index in [9.17, 15) is 26.0 Å². The van der Waals surface area contributed by atoms with Crippen molar-refractivity contribution in [2.24, 2.45) is 0 Å². The SMILES string of the molecule is O=S(=O)(c1ccc(C(F)(F)F)nc1)N1C2Cc3[nH]ncc3C1CC(c1ccc(F)cc1)C2.